The van der Waals surface area contributed by atoms with E-state index in [2.05, 4.69) is 16.0 Å². The molecule has 0 saturated heterocycles. The van der Waals surface area contributed by atoms with Crippen LogP contribution in [-0.4, -0.2) is 83.8 Å². The number of aliphatic hydroxyl groups is 2. The molecule has 0 saturated carbocycles. The summed E-state index contributed by atoms with van der Waals surface area (Å²) in [6.45, 7) is 10.4. The maximum absolute atomic E-state index is 14.0. The van der Waals surface area contributed by atoms with E-state index in [-0.39, 0.29) is 35.9 Å². The van der Waals surface area contributed by atoms with Crippen LogP contribution in [0.4, 0.5) is 8.78 Å². The van der Waals surface area contributed by atoms with Gasteiger partial charge in [0.05, 0.1) is 18.8 Å². The van der Waals surface area contributed by atoms with Crippen LogP contribution in [0.5, 0.6) is 0 Å². The molecule has 2 aromatic carbocycles. The number of halogens is 2. The third kappa shape index (κ3) is 11.7. The normalized spacial score (nSPS) is 13.3. The molecule has 43 heavy (non-hydrogen) atoms. The number of aliphatic hydroxyl groups excluding tert-OH is 2. The van der Waals surface area contributed by atoms with E-state index >= 15 is 0 Å². The molecule has 0 spiro atoms. The van der Waals surface area contributed by atoms with Crippen LogP contribution in [0, 0.1) is 24.5 Å². The van der Waals surface area contributed by atoms with Crippen molar-refractivity contribution in [3.8, 4) is 0 Å². The van der Waals surface area contributed by atoms with Crippen molar-refractivity contribution in [1.82, 2.24) is 20.9 Å². The van der Waals surface area contributed by atoms with Gasteiger partial charge in [0.15, 0.2) is 0 Å². The lowest BCUT2D eigenvalue weighted by Crippen LogP contribution is -2.54. The fraction of sp³-hybridized carbons (Fsp3) is 0.531. The molecule has 0 bridgehead atoms. The maximum Gasteiger partial charge on any atom is 0.253 e. The van der Waals surface area contributed by atoms with Gasteiger partial charge in [-0.2, -0.15) is 0 Å². The Morgan fingerprint density at radius 3 is 2.07 bits per heavy atom. The highest BCUT2D eigenvalue weighted by molar-refractivity contribution is 6.00. The number of carbonyl (C=O) groups excluding carboxylic acids is 3. The number of benzene rings is 2. The summed E-state index contributed by atoms with van der Waals surface area (Å²) in [6.07, 6.45) is 0.119. The van der Waals surface area contributed by atoms with E-state index in [1.165, 1.54) is 6.07 Å². The van der Waals surface area contributed by atoms with E-state index in [0.29, 0.717) is 30.8 Å². The van der Waals surface area contributed by atoms with Crippen molar-refractivity contribution in [2.45, 2.75) is 72.1 Å². The van der Waals surface area contributed by atoms with E-state index in [0.717, 1.165) is 31.0 Å². The monoisotopic (exact) mass is 604 g/mol. The van der Waals surface area contributed by atoms with Gasteiger partial charge < -0.3 is 31.1 Å². The summed E-state index contributed by atoms with van der Waals surface area (Å²) in [6, 6.07) is 5.69. The largest absolute Gasteiger partial charge is 0.394 e. The Bertz CT molecular complexity index is 1200. The van der Waals surface area contributed by atoms with E-state index in [1.807, 2.05) is 27.7 Å². The van der Waals surface area contributed by atoms with Gasteiger partial charge in [-0.1, -0.05) is 27.7 Å². The molecule has 3 atom stereocenters. The summed E-state index contributed by atoms with van der Waals surface area (Å²) in [5, 5.41) is 29.1. The minimum Gasteiger partial charge on any atom is -0.394 e. The molecular formula is C32H46F2N4O5. The average molecular weight is 605 g/mol. The van der Waals surface area contributed by atoms with Crippen LogP contribution < -0.4 is 16.0 Å². The summed E-state index contributed by atoms with van der Waals surface area (Å²) in [5.41, 5.74) is 1.43. The Kier molecular flexibility index (Phi) is 14.7. The minimum absolute atomic E-state index is 0.134. The first-order chi connectivity index (χ1) is 20.4. The maximum atomic E-state index is 14.0. The van der Waals surface area contributed by atoms with E-state index in [1.54, 1.807) is 24.0 Å². The van der Waals surface area contributed by atoms with Crippen LogP contribution >= 0.6 is 0 Å². The SMILES string of the molecule is CCCN(CCC)C(=O)c1cc(C)cc(C(=O)N[C@@H](Cc2cc(F)cc(F)c2)[C@H](O)CN[C@@H](CO)C(=O)NCC(C)C)c1. The number of hydrogen-bond acceptors (Lipinski definition) is 6. The fourth-order valence-corrected chi connectivity index (χ4v) is 4.67. The van der Waals surface area contributed by atoms with Gasteiger partial charge >= 0.3 is 0 Å². The number of amides is 3. The van der Waals surface area contributed by atoms with Crippen LogP contribution in [0.15, 0.2) is 36.4 Å². The Morgan fingerprint density at radius 1 is 0.907 bits per heavy atom. The topological polar surface area (TPSA) is 131 Å². The van der Waals surface area contributed by atoms with Gasteiger partial charge in [0.1, 0.15) is 17.7 Å². The van der Waals surface area contributed by atoms with Gasteiger partial charge in [0, 0.05) is 43.4 Å². The molecule has 0 radical (unpaired) electrons. The van der Waals surface area contributed by atoms with Crippen molar-refractivity contribution in [2.24, 2.45) is 5.92 Å². The fourth-order valence-electron chi connectivity index (χ4n) is 4.67. The summed E-state index contributed by atoms with van der Waals surface area (Å²) >= 11 is 0. The molecule has 0 aliphatic carbocycles. The van der Waals surface area contributed by atoms with Gasteiger partial charge in [-0.15, -0.1) is 0 Å². The predicted octanol–water partition coefficient (Wildman–Crippen LogP) is 2.96. The zero-order valence-electron chi connectivity index (χ0n) is 25.8. The second kappa shape index (κ2) is 17.6. The zero-order chi connectivity index (χ0) is 32.1. The van der Waals surface area contributed by atoms with Crippen LogP contribution in [-0.2, 0) is 11.2 Å². The number of rotatable bonds is 17. The zero-order valence-corrected chi connectivity index (χ0v) is 25.8. The summed E-state index contributed by atoms with van der Waals surface area (Å²) in [7, 11) is 0. The third-order valence-electron chi connectivity index (χ3n) is 6.78. The first-order valence-electron chi connectivity index (χ1n) is 14.8. The van der Waals surface area contributed by atoms with Gasteiger partial charge in [0.25, 0.3) is 11.8 Å². The lowest BCUT2D eigenvalue weighted by atomic mass is 9.99. The van der Waals surface area contributed by atoms with Crippen molar-refractivity contribution in [1.29, 1.82) is 0 Å². The number of nitrogens with zero attached hydrogens (tertiary/aromatic N) is 1. The Balaban J connectivity index is 2.30. The molecule has 0 heterocycles. The Morgan fingerprint density at radius 2 is 1.51 bits per heavy atom. The van der Waals surface area contributed by atoms with Crippen molar-refractivity contribution < 1.29 is 33.4 Å². The lowest BCUT2D eigenvalue weighted by Gasteiger charge is -2.27. The third-order valence-corrected chi connectivity index (χ3v) is 6.78. The number of aryl methyl sites for hydroxylation is 1. The van der Waals surface area contributed by atoms with Crippen molar-refractivity contribution in [3.05, 3.63) is 70.3 Å². The minimum atomic E-state index is -1.32. The molecule has 9 nitrogen and oxygen atoms in total. The van der Waals surface area contributed by atoms with Gasteiger partial charge in [0.2, 0.25) is 5.91 Å². The predicted molar refractivity (Wildman–Crippen MR) is 162 cm³/mol. The molecule has 5 N–H and O–H groups in total. The van der Waals surface area contributed by atoms with Crippen LogP contribution in [0.2, 0.25) is 0 Å². The summed E-state index contributed by atoms with van der Waals surface area (Å²) in [4.78, 5) is 40.9. The highest BCUT2D eigenvalue weighted by atomic mass is 19.1. The van der Waals surface area contributed by atoms with Gasteiger partial charge in [-0.05, 0) is 73.6 Å². The number of hydrogen-bond donors (Lipinski definition) is 5. The van der Waals surface area contributed by atoms with Crippen LogP contribution in [0.25, 0.3) is 0 Å². The van der Waals surface area contributed by atoms with Gasteiger partial charge in [-0.25, -0.2) is 8.78 Å². The highest BCUT2D eigenvalue weighted by Crippen LogP contribution is 2.16. The second-order valence-corrected chi connectivity index (χ2v) is 11.3. The molecule has 0 aliphatic heterocycles. The standard InChI is InChI=1S/C32H46F2N4O5/c1-6-8-38(9-7-2)32(43)24-11-21(5)10-23(15-24)30(41)37-27(14-22-12-25(33)16-26(34)13-22)29(40)18-35-28(19-39)31(42)36-17-20(3)4/h10-13,15-16,20,27-29,35,39-40H,6-9,14,17-19H2,1-5H3,(H,36,42)(H,37,41)/t27-,28-,29+/m0/s1. The molecular weight excluding hydrogens is 558 g/mol. The van der Waals surface area contributed by atoms with Crippen molar-refractivity contribution in [3.63, 3.8) is 0 Å². The highest BCUT2D eigenvalue weighted by Gasteiger charge is 2.26. The first kappa shape index (κ1) is 35.8. The molecule has 0 aromatic heterocycles. The van der Waals surface area contributed by atoms with E-state index in [9.17, 15) is 33.4 Å². The van der Waals surface area contributed by atoms with E-state index < -0.39 is 48.2 Å². The van der Waals surface area contributed by atoms with Crippen LogP contribution in [0.1, 0.15) is 72.4 Å². The Hall–Kier alpha value is -3.41. The molecule has 11 heteroatoms. The molecule has 0 fully saturated rings. The lowest BCUT2D eigenvalue weighted by molar-refractivity contribution is -0.124. The second-order valence-electron chi connectivity index (χ2n) is 11.3. The van der Waals surface area contributed by atoms with Crippen LogP contribution in [0.3, 0.4) is 0 Å². The number of carbonyl (C=O) groups is 3. The molecule has 0 aliphatic rings. The number of nitrogens with one attached hydrogen (secondary N) is 3. The molecule has 2 aromatic rings. The quantitative estimate of drug-likeness (QED) is 0.189. The van der Waals surface area contributed by atoms with Crippen molar-refractivity contribution >= 4 is 17.7 Å². The average Bonchev–Trinajstić information content (AvgIpc) is 2.94. The summed E-state index contributed by atoms with van der Waals surface area (Å²) in [5.74, 6) is -2.65. The molecule has 2 rings (SSSR count). The molecule has 238 valence electrons. The Labute approximate surface area is 253 Å². The smallest absolute Gasteiger partial charge is 0.253 e. The van der Waals surface area contributed by atoms with Gasteiger partial charge in [-0.3, -0.25) is 14.4 Å². The molecule has 0 unspecified atom stereocenters. The molecule has 3 amide bonds. The van der Waals surface area contributed by atoms with E-state index in [4.69, 9.17) is 0 Å². The van der Waals surface area contributed by atoms with Crippen molar-refractivity contribution in [2.75, 3.05) is 32.8 Å². The summed E-state index contributed by atoms with van der Waals surface area (Å²) < 4.78 is 27.9. The first-order valence-corrected chi connectivity index (χ1v) is 14.8.